The minimum Gasteiger partial charge on any atom is -0.274 e. The number of H-pyrrole nitrogens is 1. The van der Waals surface area contributed by atoms with Crippen molar-refractivity contribution in [3.05, 3.63) is 32.9 Å². The lowest BCUT2D eigenvalue weighted by molar-refractivity contribution is 0.503. The number of rotatable bonds is 0. The smallest absolute Gasteiger partial charge is 0.274 e. The number of hydrogen-bond acceptors (Lipinski definition) is 2. The maximum Gasteiger partial charge on any atom is 0.330 e. The zero-order valence-corrected chi connectivity index (χ0v) is 5.22. The molecule has 5 heteroatoms. The quantitative estimate of drug-likeness (QED) is 0.485. The van der Waals surface area contributed by atoms with Gasteiger partial charge in [0.1, 0.15) is 0 Å². The van der Waals surface area contributed by atoms with Gasteiger partial charge in [-0.3, -0.25) is 14.3 Å². The van der Waals surface area contributed by atoms with Gasteiger partial charge in [-0.2, -0.15) is 4.39 Å². The Hall–Kier alpha value is -1.39. The summed E-state index contributed by atoms with van der Waals surface area (Å²) in [5.74, 6) is -0.839. The summed E-state index contributed by atoms with van der Waals surface area (Å²) in [6.07, 6.45) is 0. The summed E-state index contributed by atoms with van der Waals surface area (Å²) >= 11 is 0. The molecule has 54 valence electrons. The minimum absolute atomic E-state index is 0.710. The highest BCUT2D eigenvalue weighted by Crippen LogP contribution is 1.81. The van der Waals surface area contributed by atoms with Crippen molar-refractivity contribution in [1.82, 2.24) is 9.55 Å². The summed E-state index contributed by atoms with van der Waals surface area (Å²) in [4.78, 5) is 22.8. The summed E-state index contributed by atoms with van der Waals surface area (Å²) in [7, 11) is 1.23. The zero-order valence-electron chi connectivity index (χ0n) is 5.22. The standard InChI is InChI=1S/C5H5FN2O2/c1-8-3(6)2-4(9)7-5(8)10/h2H,1H3,(H,7,9,10). The first-order chi connectivity index (χ1) is 4.61. The number of nitrogens with one attached hydrogen (secondary N) is 1. The fourth-order valence-electron chi connectivity index (χ4n) is 0.527. The van der Waals surface area contributed by atoms with Crippen molar-refractivity contribution in [2.45, 2.75) is 0 Å². The van der Waals surface area contributed by atoms with Gasteiger partial charge in [-0.05, 0) is 0 Å². The predicted octanol–water partition coefficient (Wildman–Crippen LogP) is -0.787. The molecule has 0 saturated heterocycles. The number of aromatic amines is 1. The summed E-state index contributed by atoms with van der Waals surface area (Å²) in [5.41, 5.74) is -1.47. The molecule has 0 unspecified atom stereocenters. The monoisotopic (exact) mass is 144 g/mol. The molecule has 1 aromatic rings. The largest absolute Gasteiger partial charge is 0.330 e. The Bertz CT molecular complexity index is 351. The lowest BCUT2D eigenvalue weighted by Gasteiger charge is -1.94. The Morgan fingerprint density at radius 1 is 1.60 bits per heavy atom. The van der Waals surface area contributed by atoms with E-state index in [1.807, 2.05) is 4.98 Å². The van der Waals surface area contributed by atoms with Crippen molar-refractivity contribution in [2.24, 2.45) is 7.05 Å². The Kier molecular flexibility index (Phi) is 1.41. The molecule has 0 saturated carbocycles. The molecule has 0 aliphatic heterocycles. The molecular weight excluding hydrogens is 139 g/mol. The maximum atomic E-state index is 12.4. The molecule has 10 heavy (non-hydrogen) atoms. The normalized spacial score (nSPS) is 9.80. The number of halogens is 1. The summed E-state index contributed by atoms with van der Waals surface area (Å²) in [6.45, 7) is 0. The fourth-order valence-corrected chi connectivity index (χ4v) is 0.527. The second-order valence-corrected chi connectivity index (χ2v) is 1.82. The Morgan fingerprint density at radius 3 is 2.70 bits per heavy atom. The lowest BCUT2D eigenvalue weighted by atomic mass is 10.6. The molecule has 0 aliphatic carbocycles. The van der Waals surface area contributed by atoms with Gasteiger partial charge in [-0.25, -0.2) is 4.79 Å². The molecule has 1 rings (SSSR count). The van der Waals surface area contributed by atoms with Crippen molar-refractivity contribution in [1.29, 1.82) is 0 Å². The number of nitrogens with zero attached hydrogens (tertiary/aromatic N) is 1. The van der Waals surface area contributed by atoms with Crippen LogP contribution in [0.3, 0.4) is 0 Å². The van der Waals surface area contributed by atoms with Crippen LogP contribution in [0.15, 0.2) is 15.7 Å². The van der Waals surface area contributed by atoms with Gasteiger partial charge in [0.25, 0.3) is 5.56 Å². The van der Waals surface area contributed by atoms with E-state index in [2.05, 4.69) is 0 Å². The minimum atomic E-state index is -0.839. The van der Waals surface area contributed by atoms with E-state index < -0.39 is 17.2 Å². The van der Waals surface area contributed by atoms with Crippen LogP contribution < -0.4 is 11.2 Å². The maximum absolute atomic E-state index is 12.4. The predicted molar refractivity (Wildman–Crippen MR) is 32.3 cm³/mol. The molecule has 1 aromatic heterocycles. The van der Waals surface area contributed by atoms with Gasteiger partial charge in [0.15, 0.2) is 0 Å². The van der Waals surface area contributed by atoms with Crippen molar-refractivity contribution in [2.75, 3.05) is 0 Å². The molecule has 0 amide bonds. The van der Waals surface area contributed by atoms with Crippen LogP contribution in [0.4, 0.5) is 4.39 Å². The van der Waals surface area contributed by atoms with E-state index >= 15 is 0 Å². The second kappa shape index (κ2) is 2.09. The molecule has 0 fully saturated rings. The van der Waals surface area contributed by atoms with Crippen LogP contribution in [0.2, 0.25) is 0 Å². The van der Waals surface area contributed by atoms with Gasteiger partial charge in [0.2, 0.25) is 5.95 Å². The van der Waals surface area contributed by atoms with Crippen LogP contribution in [0.25, 0.3) is 0 Å². The van der Waals surface area contributed by atoms with Gasteiger partial charge < -0.3 is 0 Å². The van der Waals surface area contributed by atoms with E-state index in [1.165, 1.54) is 7.05 Å². The summed E-state index contributed by atoms with van der Waals surface area (Å²) in [5, 5.41) is 0. The highest BCUT2D eigenvalue weighted by molar-refractivity contribution is 4.84. The molecular formula is C5H5FN2O2. The van der Waals surface area contributed by atoms with Crippen LogP contribution in [0.5, 0.6) is 0 Å². The molecule has 0 aliphatic rings. The van der Waals surface area contributed by atoms with E-state index in [-0.39, 0.29) is 0 Å². The van der Waals surface area contributed by atoms with Crippen molar-refractivity contribution >= 4 is 0 Å². The third-order valence-electron chi connectivity index (χ3n) is 1.11. The number of aromatic nitrogens is 2. The fraction of sp³-hybridized carbons (Fsp3) is 0.200. The first-order valence-corrected chi connectivity index (χ1v) is 2.57. The molecule has 0 aromatic carbocycles. The second-order valence-electron chi connectivity index (χ2n) is 1.82. The molecule has 0 radical (unpaired) electrons. The van der Waals surface area contributed by atoms with Gasteiger partial charge >= 0.3 is 5.69 Å². The van der Waals surface area contributed by atoms with E-state index in [4.69, 9.17) is 0 Å². The van der Waals surface area contributed by atoms with E-state index in [0.717, 1.165) is 0 Å². The van der Waals surface area contributed by atoms with Gasteiger partial charge in [0.05, 0.1) is 6.07 Å². The molecule has 0 spiro atoms. The van der Waals surface area contributed by atoms with Crippen molar-refractivity contribution < 1.29 is 4.39 Å². The van der Waals surface area contributed by atoms with E-state index in [9.17, 15) is 14.0 Å². The average Bonchev–Trinajstić information content (AvgIpc) is 1.82. The molecule has 1 N–H and O–H groups in total. The zero-order chi connectivity index (χ0) is 7.72. The molecule has 1 heterocycles. The highest BCUT2D eigenvalue weighted by Gasteiger charge is 1.97. The van der Waals surface area contributed by atoms with Gasteiger partial charge in [0, 0.05) is 7.05 Å². The molecule has 0 atom stereocenters. The first kappa shape index (κ1) is 6.73. The molecule has 4 nitrogen and oxygen atoms in total. The Morgan fingerprint density at radius 2 is 2.20 bits per heavy atom. The lowest BCUT2D eigenvalue weighted by Crippen LogP contribution is -2.29. The van der Waals surface area contributed by atoms with Crippen LogP contribution in [0.1, 0.15) is 0 Å². The van der Waals surface area contributed by atoms with E-state index in [1.54, 1.807) is 0 Å². The SMILES string of the molecule is Cn1c(F)cc(=O)[nH]c1=O. The van der Waals surface area contributed by atoms with Gasteiger partial charge in [-0.15, -0.1) is 0 Å². The summed E-state index contributed by atoms with van der Waals surface area (Å²) < 4.78 is 13.1. The topological polar surface area (TPSA) is 54.9 Å². The molecule has 0 bridgehead atoms. The van der Waals surface area contributed by atoms with Crippen LogP contribution in [-0.4, -0.2) is 9.55 Å². The number of hydrogen-bond donors (Lipinski definition) is 1. The highest BCUT2D eigenvalue weighted by atomic mass is 19.1. The summed E-state index contributed by atoms with van der Waals surface area (Å²) in [6, 6.07) is 0.710. The van der Waals surface area contributed by atoms with Crippen LogP contribution in [-0.2, 0) is 7.05 Å². The van der Waals surface area contributed by atoms with Crippen LogP contribution in [0, 0.1) is 5.95 Å². The van der Waals surface area contributed by atoms with Crippen molar-refractivity contribution in [3.63, 3.8) is 0 Å². The van der Waals surface area contributed by atoms with Crippen LogP contribution >= 0.6 is 0 Å². The Labute approximate surface area is 54.9 Å². The Balaban J connectivity index is 3.62. The van der Waals surface area contributed by atoms with Crippen molar-refractivity contribution in [3.8, 4) is 0 Å². The third-order valence-corrected chi connectivity index (χ3v) is 1.11. The third kappa shape index (κ3) is 0.975. The first-order valence-electron chi connectivity index (χ1n) is 2.57. The average molecular weight is 144 g/mol. The van der Waals surface area contributed by atoms with Gasteiger partial charge in [-0.1, -0.05) is 0 Å². The van der Waals surface area contributed by atoms with E-state index in [0.29, 0.717) is 10.6 Å².